The van der Waals surface area contributed by atoms with Gasteiger partial charge in [0.2, 0.25) is 0 Å². The Morgan fingerprint density at radius 1 is 1.37 bits per heavy atom. The minimum absolute atomic E-state index is 0.0420. The van der Waals surface area contributed by atoms with Gasteiger partial charge in [-0.2, -0.15) is 13.2 Å². The second kappa shape index (κ2) is 5.48. The number of hydrogen-bond acceptors (Lipinski definition) is 2. The molecule has 2 rings (SSSR count). The van der Waals surface area contributed by atoms with Crippen molar-refractivity contribution in [2.24, 2.45) is 5.92 Å². The molecular formula is C12H12BrF3N2O. The predicted molar refractivity (Wildman–Crippen MR) is 66.6 cm³/mol. The van der Waals surface area contributed by atoms with Crippen LogP contribution in [0.3, 0.4) is 0 Å². The standard InChI is InChI=1S/C12H12BrF3N2O/c13-9-2-1-5-17-10(9)11(19)18-6-3-8(4-7-18)12(14,15)16/h1-2,5,8H,3-4,6-7H2. The summed E-state index contributed by atoms with van der Waals surface area (Å²) < 4.78 is 38.2. The molecule has 0 aliphatic carbocycles. The van der Waals surface area contributed by atoms with E-state index >= 15 is 0 Å². The van der Waals surface area contributed by atoms with E-state index in [1.54, 1.807) is 12.1 Å². The lowest BCUT2D eigenvalue weighted by molar-refractivity contribution is -0.183. The molecule has 1 aliphatic heterocycles. The Morgan fingerprint density at radius 3 is 2.53 bits per heavy atom. The van der Waals surface area contributed by atoms with Gasteiger partial charge in [-0.15, -0.1) is 0 Å². The van der Waals surface area contributed by atoms with Crippen LogP contribution in [-0.2, 0) is 0 Å². The van der Waals surface area contributed by atoms with Crippen molar-refractivity contribution in [2.75, 3.05) is 13.1 Å². The maximum atomic E-state index is 12.5. The molecule has 1 aromatic rings. The van der Waals surface area contributed by atoms with Crippen LogP contribution in [0.25, 0.3) is 0 Å². The molecule has 0 aromatic carbocycles. The molecule has 7 heteroatoms. The molecule has 0 radical (unpaired) electrons. The molecule has 1 fully saturated rings. The Bertz CT molecular complexity index is 470. The Kier molecular flexibility index (Phi) is 4.13. The second-order valence-corrected chi connectivity index (χ2v) is 5.30. The van der Waals surface area contributed by atoms with Crippen LogP contribution in [0, 0.1) is 5.92 Å². The van der Waals surface area contributed by atoms with Crippen molar-refractivity contribution in [3.8, 4) is 0 Å². The highest BCUT2D eigenvalue weighted by atomic mass is 79.9. The third-order valence-electron chi connectivity index (χ3n) is 3.21. The van der Waals surface area contributed by atoms with Gasteiger partial charge in [0.25, 0.3) is 5.91 Å². The van der Waals surface area contributed by atoms with Gasteiger partial charge >= 0.3 is 6.18 Å². The Morgan fingerprint density at radius 2 is 2.00 bits per heavy atom. The van der Waals surface area contributed by atoms with E-state index in [-0.39, 0.29) is 37.5 Å². The highest BCUT2D eigenvalue weighted by molar-refractivity contribution is 9.10. The first kappa shape index (κ1) is 14.3. The van der Waals surface area contributed by atoms with Gasteiger partial charge in [0.05, 0.1) is 5.92 Å². The van der Waals surface area contributed by atoms with Crippen molar-refractivity contribution in [3.63, 3.8) is 0 Å². The summed E-state index contributed by atoms with van der Waals surface area (Å²) in [7, 11) is 0. The van der Waals surface area contributed by atoms with Crippen LogP contribution in [0.2, 0.25) is 0 Å². The van der Waals surface area contributed by atoms with Gasteiger partial charge in [0.15, 0.2) is 0 Å². The molecular weight excluding hydrogens is 325 g/mol. The first-order chi connectivity index (χ1) is 8.89. The summed E-state index contributed by atoms with van der Waals surface area (Å²) in [6.07, 6.45) is -2.76. The zero-order valence-corrected chi connectivity index (χ0v) is 11.5. The average molecular weight is 337 g/mol. The quantitative estimate of drug-likeness (QED) is 0.788. The van der Waals surface area contributed by atoms with Crippen LogP contribution in [0.15, 0.2) is 22.8 Å². The van der Waals surface area contributed by atoms with E-state index in [9.17, 15) is 18.0 Å². The number of amides is 1. The number of nitrogens with zero attached hydrogens (tertiary/aromatic N) is 2. The van der Waals surface area contributed by atoms with Crippen LogP contribution in [0.4, 0.5) is 13.2 Å². The smallest absolute Gasteiger partial charge is 0.337 e. The predicted octanol–water partition coefficient (Wildman–Crippen LogP) is 3.26. The number of carbonyl (C=O) groups is 1. The van der Waals surface area contributed by atoms with Crippen molar-refractivity contribution < 1.29 is 18.0 Å². The van der Waals surface area contributed by atoms with Gasteiger partial charge in [-0.3, -0.25) is 4.79 Å². The summed E-state index contributed by atoms with van der Waals surface area (Å²) in [5.74, 6) is -1.63. The number of rotatable bonds is 1. The topological polar surface area (TPSA) is 33.2 Å². The molecule has 19 heavy (non-hydrogen) atoms. The molecule has 0 spiro atoms. The highest BCUT2D eigenvalue weighted by Gasteiger charge is 2.41. The number of alkyl halides is 3. The monoisotopic (exact) mass is 336 g/mol. The normalized spacial score (nSPS) is 17.6. The lowest BCUT2D eigenvalue weighted by Crippen LogP contribution is -2.42. The summed E-state index contributed by atoms with van der Waals surface area (Å²) in [4.78, 5) is 17.5. The van der Waals surface area contributed by atoms with E-state index in [4.69, 9.17) is 0 Å². The van der Waals surface area contributed by atoms with Crippen LogP contribution in [-0.4, -0.2) is 35.1 Å². The largest absolute Gasteiger partial charge is 0.391 e. The molecule has 104 valence electrons. The number of piperidine rings is 1. The summed E-state index contributed by atoms with van der Waals surface area (Å²) in [5, 5.41) is 0. The highest BCUT2D eigenvalue weighted by Crippen LogP contribution is 2.34. The maximum Gasteiger partial charge on any atom is 0.391 e. The first-order valence-electron chi connectivity index (χ1n) is 5.86. The van der Waals surface area contributed by atoms with Crippen molar-refractivity contribution >= 4 is 21.8 Å². The van der Waals surface area contributed by atoms with Gasteiger partial charge in [-0.1, -0.05) is 0 Å². The number of pyridine rings is 1. The third kappa shape index (κ3) is 3.26. The molecule has 1 aliphatic rings. The summed E-state index contributed by atoms with van der Waals surface area (Å²) in [5.41, 5.74) is 0.243. The minimum Gasteiger partial charge on any atom is -0.337 e. The van der Waals surface area contributed by atoms with Gasteiger partial charge in [0, 0.05) is 23.8 Å². The van der Waals surface area contributed by atoms with Crippen LogP contribution >= 0.6 is 15.9 Å². The van der Waals surface area contributed by atoms with E-state index in [2.05, 4.69) is 20.9 Å². The van der Waals surface area contributed by atoms with Crippen molar-refractivity contribution in [1.82, 2.24) is 9.88 Å². The summed E-state index contributed by atoms with van der Waals surface area (Å²) in [6, 6.07) is 3.36. The van der Waals surface area contributed by atoms with E-state index in [0.29, 0.717) is 4.47 Å². The molecule has 1 saturated heterocycles. The molecule has 3 nitrogen and oxygen atoms in total. The van der Waals surface area contributed by atoms with Crippen LogP contribution in [0.1, 0.15) is 23.3 Å². The number of hydrogen-bond donors (Lipinski definition) is 0. The fraction of sp³-hybridized carbons (Fsp3) is 0.500. The van der Waals surface area contributed by atoms with E-state index in [1.807, 2.05) is 0 Å². The average Bonchev–Trinajstić information content (AvgIpc) is 2.38. The molecule has 0 unspecified atom stereocenters. The van der Waals surface area contributed by atoms with Gasteiger partial charge in [-0.25, -0.2) is 4.98 Å². The zero-order valence-electron chi connectivity index (χ0n) is 9.95. The van der Waals surface area contributed by atoms with Crippen molar-refractivity contribution in [1.29, 1.82) is 0 Å². The summed E-state index contributed by atoms with van der Waals surface area (Å²) in [6.45, 7) is 0.234. The Labute approximate surface area is 116 Å². The maximum absolute atomic E-state index is 12.5. The molecule has 0 saturated carbocycles. The number of halogens is 4. The van der Waals surface area contributed by atoms with E-state index < -0.39 is 12.1 Å². The van der Waals surface area contributed by atoms with Crippen LogP contribution < -0.4 is 0 Å². The summed E-state index contributed by atoms with van der Waals surface area (Å²) >= 11 is 3.22. The van der Waals surface area contributed by atoms with Crippen LogP contribution in [0.5, 0.6) is 0 Å². The molecule has 0 bridgehead atoms. The Hall–Kier alpha value is -1.11. The fourth-order valence-electron chi connectivity index (χ4n) is 2.10. The van der Waals surface area contributed by atoms with Gasteiger partial charge in [-0.05, 0) is 40.9 Å². The number of aromatic nitrogens is 1. The molecule has 2 heterocycles. The van der Waals surface area contributed by atoms with Crippen molar-refractivity contribution in [3.05, 3.63) is 28.5 Å². The lowest BCUT2D eigenvalue weighted by Gasteiger charge is -2.32. The van der Waals surface area contributed by atoms with E-state index in [1.165, 1.54) is 11.1 Å². The van der Waals surface area contributed by atoms with Crippen molar-refractivity contribution in [2.45, 2.75) is 19.0 Å². The molecule has 1 amide bonds. The van der Waals surface area contributed by atoms with Gasteiger partial charge < -0.3 is 4.90 Å². The van der Waals surface area contributed by atoms with Gasteiger partial charge in [0.1, 0.15) is 5.69 Å². The number of carbonyl (C=O) groups excluding carboxylic acids is 1. The second-order valence-electron chi connectivity index (χ2n) is 4.44. The fourth-order valence-corrected chi connectivity index (χ4v) is 2.53. The lowest BCUT2D eigenvalue weighted by atomic mass is 9.96. The first-order valence-corrected chi connectivity index (χ1v) is 6.65. The molecule has 0 N–H and O–H groups in total. The molecule has 1 aromatic heterocycles. The minimum atomic E-state index is -4.17. The zero-order chi connectivity index (χ0) is 14.0. The SMILES string of the molecule is O=C(c1ncccc1Br)N1CCC(C(F)(F)F)CC1. The third-order valence-corrected chi connectivity index (χ3v) is 3.85. The molecule has 0 atom stereocenters. The Balaban J connectivity index is 2.03. The number of likely N-dealkylation sites (tertiary alicyclic amines) is 1. The van der Waals surface area contributed by atoms with E-state index in [0.717, 1.165) is 0 Å².